The molecule has 1 rings (SSSR count). The average Bonchev–Trinajstić information content (AvgIpc) is 2.31. The zero-order valence-corrected chi connectivity index (χ0v) is 10.3. The number of carbonyl (C=O) groups excluding carboxylic acids is 1. The Kier molecular flexibility index (Phi) is 5.03. The molecule has 0 aliphatic rings. The van der Waals surface area contributed by atoms with Gasteiger partial charge in [0, 0.05) is 0 Å². The summed E-state index contributed by atoms with van der Waals surface area (Å²) in [6.07, 6.45) is 3.01. The van der Waals surface area contributed by atoms with E-state index in [-0.39, 0.29) is 11.9 Å². The van der Waals surface area contributed by atoms with Crippen molar-refractivity contribution in [1.82, 2.24) is 0 Å². The van der Waals surface area contributed by atoms with E-state index < -0.39 is 0 Å². The van der Waals surface area contributed by atoms with Crippen LogP contribution in [-0.4, -0.2) is 13.1 Å². The summed E-state index contributed by atoms with van der Waals surface area (Å²) in [6.45, 7) is 4.17. The van der Waals surface area contributed by atoms with Gasteiger partial charge < -0.3 is 4.74 Å². The first kappa shape index (κ1) is 12.8. The van der Waals surface area contributed by atoms with Crippen molar-refractivity contribution in [2.45, 2.75) is 39.0 Å². The van der Waals surface area contributed by atoms with Crippen LogP contribution in [0.2, 0.25) is 0 Å². The van der Waals surface area contributed by atoms with E-state index in [0.29, 0.717) is 0 Å². The molecule has 2 heteroatoms. The van der Waals surface area contributed by atoms with Crippen molar-refractivity contribution in [3.63, 3.8) is 0 Å². The summed E-state index contributed by atoms with van der Waals surface area (Å²) in [4.78, 5) is 11.7. The molecule has 1 unspecified atom stereocenters. The average molecular weight is 220 g/mol. The third-order valence-electron chi connectivity index (χ3n) is 2.81. The van der Waals surface area contributed by atoms with Crippen molar-refractivity contribution in [3.8, 4) is 0 Å². The molecule has 2 nitrogen and oxygen atoms in total. The monoisotopic (exact) mass is 220 g/mol. The van der Waals surface area contributed by atoms with E-state index in [2.05, 4.69) is 6.92 Å². The van der Waals surface area contributed by atoms with E-state index in [1.165, 1.54) is 12.7 Å². The van der Waals surface area contributed by atoms with Crippen LogP contribution >= 0.6 is 0 Å². The molecule has 0 aliphatic carbocycles. The Labute approximate surface area is 97.6 Å². The number of methoxy groups -OCH3 is 1. The summed E-state index contributed by atoms with van der Waals surface area (Å²) in [6, 6.07) is 8.12. The van der Waals surface area contributed by atoms with Crippen LogP contribution in [0.1, 0.15) is 43.2 Å². The Bertz CT molecular complexity index is 327. The van der Waals surface area contributed by atoms with Gasteiger partial charge in [-0.1, -0.05) is 49.6 Å². The number of hydrogen-bond acceptors (Lipinski definition) is 2. The molecule has 0 fully saturated rings. The van der Waals surface area contributed by atoms with Crippen molar-refractivity contribution in [3.05, 3.63) is 35.4 Å². The quantitative estimate of drug-likeness (QED) is 0.710. The van der Waals surface area contributed by atoms with Gasteiger partial charge in [0.05, 0.1) is 13.0 Å². The molecule has 1 atom stereocenters. The van der Waals surface area contributed by atoms with Crippen LogP contribution in [0.3, 0.4) is 0 Å². The van der Waals surface area contributed by atoms with Crippen molar-refractivity contribution < 1.29 is 9.53 Å². The summed E-state index contributed by atoms with van der Waals surface area (Å²) in [7, 11) is 1.45. The van der Waals surface area contributed by atoms with Crippen LogP contribution in [0, 0.1) is 6.92 Å². The lowest BCUT2D eigenvalue weighted by molar-refractivity contribution is -0.142. The molecule has 0 saturated heterocycles. The van der Waals surface area contributed by atoms with Crippen LogP contribution in [0.5, 0.6) is 0 Å². The lowest BCUT2D eigenvalue weighted by Gasteiger charge is -2.14. The van der Waals surface area contributed by atoms with E-state index in [1.807, 2.05) is 31.2 Å². The van der Waals surface area contributed by atoms with Gasteiger partial charge in [-0.25, -0.2) is 0 Å². The van der Waals surface area contributed by atoms with Gasteiger partial charge in [-0.05, 0) is 18.9 Å². The third-order valence-corrected chi connectivity index (χ3v) is 2.81. The molecule has 0 bridgehead atoms. The predicted molar refractivity (Wildman–Crippen MR) is 65.5 cm³/mol. The van der Waals surface area contributed by atoms with Gasteiger partial charge in [-0.2, -0.15) is 0 Å². The molecule has 1 aromatic carbocycles. The molecule has 0 saturated carbocycles. The van der Waals surface area contributed by atoms with E-state index in [0.717, 1.165) is 24.8 Å². The fourth-order valence-electron chi connectivity index (χ4n) is 1.77. The van der Waals surface area contributed by atoms with Gasteiger partial charge in [0.2, 0.25) is 0 Å². The summed E-state index contributed by atoms with van der Waals surface area (Å²) < 4.78 is 4.86. The predicted octanol–water partition coefficient (Wildman–Crippen LogP) is 3.44. The number of rotatable bonds is 5. The first-order valence-corrected chi connectivity index (χ1v) is 5.83. The smallest absolute Gasteiger partial charge is 0.313 e. The minimum absolute atomic E-state index is 0.106. The molecule has 0 radical (unpaired) electrons. The van der Waals surface area contributed by atoms with E-state index in [4.69, 9.17) is 4.74 Å². The van der Waals surface area contributed by atoms with Gasteiger partial charge >= 0.3 is 5.97 Å². The number of esters is 1. The van der Waals surface area contributed by atoms with Gasteiger partial charge in [0.1, 0.15) is 0 Å². The zero-order chi connectivity index (χ0) is 12.0. The number of unbranched alkanes of at least 4 members (excludes halogenated alkanes) is 1. The van der Waals surface area contributed by atoms with Gasteiger partial charge in [-0.15, -0.1) is 0 Å². The number of ether oxygens (including phenoxy) is 1. The summed E-state index contributed by atoms with van der Waals surface area (Å²) in [5, 5.41) is 0. The SMILES string of the molecule is CCCCC(C(=O)OC)c1ccc(C)cc1. The number of aryl methyl sites for hydroxylation is 1. The molecule has 1 aromatic rings. The maximum absolute atomic E-state index is 11.7. The maximum Gasteiger partial charge on any atom is 0.313 e. The molecule has 0 aliphatic heterocycles. The number of benzene rings is 1. The highest BCUT2D eigenvalue weighted by atomic mass is 16.5. The number of carbonyl (C=O) groups is 1. The largest absolute Gasteiger partial charge is 0.469 e. The molecule has 0 N–H and O–H groups in total. The fourth-order valence-corrected chi connectivity index (χ4v) is 1.77. The van der Waals surface area contributed by atoms with Crippen molar-refractivity contribution >= 4 is 5.97 Å². The maximum atomic E-state index is 11.7. The highest BCUT2D eigenvalue weighted by molar-refractivity contribution is 5.78. The second-order valence-electron chi connectivity index (χ2n) is 4.13. The van der Waals surface area contributed by atoms with E-state index in [9.17, 15) is 4.79 Å². The zero-order valence-electron chi connectivity index (χ0n) is 10.3. The van der Waals surface area contributed by atoms with Crippen LogP contribution in [0.15, 0.2) is 24.3 Å². The summed E-state index contributed by atoms with van der Waals surface area (Å²) >= 11 is 0. The Balaban J connectivity index is 2.82. The first-order chi connectivity index (χ1) is 7.69. The highest BCUT2D eigenvalue weighted by Crippen LogP contribution is 2.23. The normalized spacial score (nSPS) is 12.2. The topological polar surface area (TPSA) is 26.3 Å². The molecular weight excluding hydrogens is 200 g/mol. The Hall–Kier alpha value is -1.31. The molecule has 88 valence electrons. The summed E-state index contributed by atoms with van der Waals surface area (Å²) in [5.74, 6) is -0.233. The molecular formula is C14H20O2. The van der Waals surface area contributed by atoms with Crippen LogP contribution in [-0.2, 0) is 9.53 Å². The lowest BCUT2D eigenvalue weighted by atomic mass is 9.93. The Morgan fingerprint density at radius 3 is 2.44 bits per heavy atom. The lowest BCUT2D eigenvalue weighted by Crippen LogP contribution is -2.14. The van der Waals surface area contributed by atoms with Gasteiger partial charge in [0.15, 0.2) is 0 Å². The Morgan fingerprint density at radius 2 is 1.94 bits per heavy atom. The van der Waals surface area contributed by atoms with Gasteiger partial charge in [0.25, 0.3) is 0 Å². The minimum atomic E-state index is -0.127. The first-order valence-electron chi connectivity index (χ1n) is 5.83. The van der Waals surface area contributed by atoms with Crippen LogP contribution in [0.25, 0.3) is 0 Å². The van der Waals surface area contributed by atoms with Crippen molar-refractivity contribution in [2.75, 3.05) is 7.11 Å². The number of hydrogen-bond donors (Lipinski definition) is 0. The highest BCUT2D eigenvalue weighted by Gasteiger charge is 2.20. The van der Waals surface area contributed by atoms with Crippen molar-refractivity contribution in [2.24, 2.45) is 0 Å². The Morgan fingerprint density at radius 1 is 1.31 bits per heavy atom. The van der Waals surface area contributed by atoms with Crippen molar-refractivity contribution in [1.29, 1.82) is 0 Å². The molecule has 0 amide bonds. The standard InChI is InChI=1S/C14H20O2/c1-4-5-6-13(14(15)16-3)12-9-7-11(2)8-10-12/h7-10,13H,4-6H2,1-3H3. The minimum Gasteiger partial charge on any atom is -0.469 e. The second-order valence-corrected chi connectivity index (χ2v) is 4.13. The second kappa shape index (κ2) is 6.31. The van der Waals surface area contributed by atoms with E-state index >= 15 is 0 Å². The molecule has 0 spiro atoms. The van der Waals surface area contributed by atoms with Crippen LogP contribution < -0.4 is 0 Å². The third kappa shape index (κ3) is 3.37. The molecule has 0 aromatic heterocycles. The fraction of sp³-hybridized carbons (Fsp3) is 0.500. The van der Waals surface area contributed by atoms with Gasteiger partial charge in [-0.3, -0.25) is 4.79 Å². The van der Waals surface area contributed by atoms with E-state index in [1.54, 1.807) is 0 Å². The summed E-state index contributed by atoms with van der Waals surface area (Å²) in [5.41, 5.74) is 2.27. The molecule has 0 heterocycles. The van der Waals surface area contributed by atoms with Crippen LogP contribution in [0.4, 0.5) is 0 Å². The molecule has 16 heavy (non-hydrogen) atoms.